The highest BCUT2D eigenvalue weighted by Crippen LogP contribution is 2.44. The first-order valence-corrected chi connectivity index (χ1v) is 12.7. The van der Waals surface area contributed by atoms with Crippen molar-refractivity contribution in [1.82, 2.24) is 5.32 Å². The number of hydrogen-bond acceptors (Lipinski definition) is 5. The molecule has 2 aliphatic carbocycles. The third-order valence-electron chi connectivity index (χ3n) is 6.63. The van der Waals surface area contributed by atoms with Gasteiger partial charge in [-0.05, 0) is 47.4 Å². The fraction of sp³-hybridized carbons (Fsp3) is 0.417. The third kappa shape index (κ3) is 4.50. The molecule has 2 aromatic carbocycles. The summed E-state index contributed by atoms with van der Waals surface area (Å²) in [6.45, 7) is 0.0861. The molecule has 2 N–H and O–H groups in total. The van der Waals surface area contributed by atoms with Gasteiger partial charge in [0.1, 0.15) is 22.5 Å². The number of amides is 1. The van der Waals surface area contributed by atoms with Crippen molar-refractivity contribution >= 4 is 21.9 Å². The molecule has 2 aliphatic rings. The minimum atomic E-state index is -3.26. The number of fused-ring (bicyclic) bond motifs is 3. The molecule has 0 heterocycles. The highest BCUT2D eigenvalue weighted by Gasteiger charge is 2.37. The monoisotopic (exact) mass is 457 g/mol. The van der Waals surface area contributed by atoms with Crippen molar-refractivity contribution in [3.63, 3.8) is 0 Å². The molecule has 8 heteroatoms. The van der Waals surface area contributed by atoms with E-state index in [1.807, 2.05) is 48.5 Å². The van der Waals surface area contributed by atoms with Crippen LogP contribution in [-0.2, 0) is 19.4 Å². The Bertz CT molecular complexity index is 1080. The Kier molecular flexibility index (Phi) is 6.24. The van der Waals surface area contributed by atoms with E-state index in [1.54, 1.807) is 0 Å². The normalized spacial score (nSPS) is 21.3. The zero-order valence-electron chi connectivity index (χ0n) is 17.9. The quantitative estimate of drug-likeness (QED) is 0.686. The average Bonchev–Trinajstić information content (AvgIpc) is 3.09. The lowest BCUT2D eigenvalue weighted by Crippen LogP contribution is -2.48. The molecule has 0 spiro atoms. The molecule has 0 bridgehead atoms. The second-order valence-electron chi connectivity index (χ2n) is 8.66. The van der Waals surface area contributed by atoms with Crippen molar-refractivity contribution in [3.05, 3.63) is 59.7 Å². The van der Waals surface area contributed by atoms with E-state index >= 15 is 0 Å². The summed E-state index contributed by atoms with van der Waals surface area (Å²) < 4.78 is 29.3. The van der Waals surface area contributed by atoms with Crippen LogP contribution < -0.4 is 5.32 Å². The number of carboxylic acid groups (broad SMARTS) is 1. The van der Waals surface area contributed by atoms with Crippen LogP contribution in [0, 0.1) is 5.92 Å². The Balaban J connectivity index is 1.43. The van der Waals surface area contributed by atoms with Gasteiger partial charge < -0.3 is 15.2 Å². The number of carboxylic acids is 1. The predicted molar refractivity (Wildman–Crippen MR) is 120 cm³/mol. The number of hydrogen-bond donors (Lipinski definition) is 2. The van der Waals surface area contributed by atoms with E-state index in [9.17, 15) is 23.1 Å². The summed E-state index contributed by atoms with van der Waals surface area (Å²) >= 11 is 0. The number of ether oxygens (including phenoxy) is 1. The van der Waals surface area contributed by atoms with E-state index in [1.165, 1.54) is 6.26 Å². The lowest BCUT2D eigenvalue weighted by Gasteiger charge is -2.32. The number of alkyl carbamates (subject to hydrolysis) is 1. The molecule has 3 atom stereocenters. The topological polar surface area (TPSA) is 110 Å². The number of nitrogens with one attached hydrogen (secondary N) is 1. The van der Waals surface area contributed by atoms with Gasteiger partial charge in [0.05, 0.1) is 5.25 Å². The van der Waals surface area contributed by atoms with Crippen LogP contribution in [0.5, 0.6) is 0 Å². The molecule has 1 amide bonds. The van der Waals surface area contributed by atoms with Gasteiger partial charge in [-0.3, -0.25) is 0 Å². The van der Waals surface area contributed by atoms with Gasteiger partial charge >= 0.3 is 12.1 Å². The summed E-state index contributed by atoms with van der Waals surface area (Å²) in [5.41, 5.74) is 4.35. The first kappa shape index (κ1) is 22.3. The van der Waals surface area contributed by atoms with Crippen molar-refractivity contribution < 1.29 is 27.9 Å². The summed E-state index contributed by atoms with van der Waals surface area (Å²) in [6, 6.07) is 14.7. The van der Waals surface area contributed by atoms with Gasteiger partial charge in [-0.1, -0.05) is 55.0 Å². The number of sulfone groups is 1. The van der Waals surface area contributed by atoms with Crippen molar-refractivity contribution in [2.75, 3.05) is 12.9 Å². The van der Waals surface area contributed by atoms with Gasteiger partial charge in [0.25, 0.3) is 0 Å². The van der Waals surface area contributed by atoms with Gasteiger partial charge in [0.2, 0.25) is 0 Å². The SMILES string of the molecule is CS(=O)(=O)C1CCCC(C(NC(=O)OCC2c3ccccc3-c3ccccc32)C(=O)O)C1. The Morgan fingerprint density at radius 1 is 1.06 bits per heavy atom. The molecular formula is C24H27NO6S. The molecule has 0 saturated heterocycles. The van der Waals surface area contributed by atoms with E-state index in [0.717, 1.165) is 22.3 Å². The fourth-order valence-corrected chi connectivity index (χ4v) is 6.21. The Morgan fingerprint density at radius 2 is 1.66 bits per heavy atom. The molecule has 1 fully saturated rings. The maximum Gasteiger partial charge on any atom is 0.407 e. The maximum absolute atomic E-state index is 12.5. The molecule has 3 unspecified atom stereocenters. The van der Waals surface area contributed by atoms with Gasteiger partial charge in [-0.2, -0.15) is 0 Å². The number of rotatable bonds is 6. The van der Waals surface area contributed by atoms with E-state index < -0.39 is 39.1 Å². The number of benzene rings is 2. The Morgan fingerprint density at radius 3 is 2.22 bits per heavy atom. The number of carbonyl (C=O) groups is 2. The summed E-state index contributed by atoms with van der Waals surface area (Å²) in [7, 11) is -3.26. The highest BCUT2D eigenvalue weighted by molar-refractivity contribution is 7.91. The minimum absolute atomic E-state index is 0.0861. The molecular weight excluding hydrogens is 430 g/mol. The van der Waals surface area contributed by atoms with Gasteiger partial charge in [-0.15, -0.1) is 0 Å². The van der Waals surface area contributed by atoms with E-state index in [2.05, 4.69) is 5.32 Å². The first-order valence-electron chi connectivity index (χ1n) is 10.8. The van der Waals surface area contributed by atoms with E-state index in [-0.39, 0.29) is 18.9 Å². The minimum Gasteiger partial charge on any atom is -0.480 e. The predicted octanol–water partition coefficient (Wildman–Crippen LogP) is 3.58. The molecule has 2 aromatic rings. The summed E-state index contributed by atoms with van der Waals surface area (Å²) in [5, 5.41) is 11.6. The van der Waals surface area contributed by atoms with Crippen LogP contribution in [0.25, 0.3) is 11.1 Å². The van der Waals surface area contributed by atoms with Crippen LogP contribution in [0.2, 0.25) is 0 Å². The first-order chi connectivity index (χ1) is 15.3. The van der Waals surface area contributed by atoms with Crippen molar-refractivity contribution in [2.24, 2.45) is 5.92 Å². The van der Waals surface area contributed by atoms with E-state index in [0.29, 0.717) is 19.3 Å². The summed E-state index contributed by atoms with van der Waals surface area (Å²) in [4.78, 5) is 24.4. The van der Waals surface area contributed by atoms with Crippen LogP contribution in [0.3, 0.4) is 0 Å². The molecule has 32 heavy (non-hydrogen) atoms. The summed E-state index contributed by atoms with van der Waals surface area (Å²) in [5.74, 6) is -1.76. The molecule has 4 rings (SSSR count). The lowest BCUT2D eigenvalue weighted by molar-refractivity contribution is -0.141. The van der Waals surface area contributed by atoms with Crippen LogP contribution in [0.4, 0.5) is 4.79 Å². The van der Waals surface area contributed by atoms with Crippen LogP contribution in [-0.4, -0.2) is 49.7 Å². The zero-order valence-corrected chi connectivity index (χ0v) is 18.7. The zero-order chi connectivity index (χ0) is 22.9. The molecule has 7 nitrogen and oxygen atoms in total. The van der Waals surface area contributed by atoms with Gasteiger partial charge in [-0.25, -0.2) is 18.0 Å². The van der Waals surface area contributed by atoms with Crippen LogP contribution in [0.1, 0.15) is 42.7 Å². The fourth-order valence-electron chi connectivity index (χ4n) is 5.02. The average molecular weight is 458 g/mol. The van der Waals surface area contributed by atoms with Crippen LogP contribution >= 0.6 is 0 Å². The van der Waals surface area contributed by atoms with Gasteiger partial charge in [0, 0.05) is 12.2 Å². The number of carbonyl (C=O) groups excluding carboxylic acids is 1. The molecule has 0 radical (unpaired) electrons. The van der Waals surface area contributed by atoms with Crippen molar-refractivity contribution in [2.45, 2.75) is 42.9 Å². The second kappa shape index (κ2) is 8.94. The highest BCUT2D eigenvalue weighted by atomic mass is 32.2. The van der Waals surface area contributed by atoms with Crippen LogP contribution in [0.15, 0.2) is 48.5 Å². The van der Waals surface area contributed by atoms with Crippen molar-refractivity contribution in [1.29, 1.82) is 0 Å². The Labute approximate surface area is 187 Å². The molecule has 0 aromatic heterocycles. The Hall–Kier alpha value is -2.87. The number of aliphatic carboxylic acids is 1. The largest absolute Gasteiger partial charge is 0.480 e. The lowest BCUT2D eigenvalue weighted by atomic mass is 9.83. The standard InChI is InChI=1S/C24H27NO6S/c1-32(29,30)16-8-6-7-15(13-16)22(23(26)27)25-24(28)31-14-21-19-11-4-2-9-17(19)18-10-3-5-12-20(18)21/h2-5,9-12,15-16,21-22H,6-8,13-14H2,1H3,(H,25,28)(H,26,27). The van der Waals surface area contributed by atoms with E-state index in [4.69, 9.17) is 4.74 Å². The van der Waals surface area contributed by atoms with Crippen molar-refractivity contribution in [3.8, 4) is 11.1 Å². The molecule has 170 valence electrons. The molecule has 1 saturated carbocycles. The van der Waals surface area contributed by atoms with Gasteiger partial charge in [0.15, 0.2) is 0 Å². The maximum atomic E-state index is 12.5. The summed E-state index contributed by atoms with van der Waals surface area (Å²) in [6.07, 6.45) is 2.27. The smallest absolute Gasteiger partial charge is 0.407 e. The molecule has 0 aliphatic heterocycles. The second-order valence-corrected chi connectivity index (χ2v) is 11.0. The third-order valence-corrected chi connectivity index (χ3v) is 8.27.